The Bertz CT molecular complexity index is 391. The Morgan fingerprint density at radius 2 is 2.06 bits per heavy atom. The molecule has 0 atom stereocenters. The van der Waals surface area contributed by atoms with E-state index in [4.69, 9.17) is 10.5 Å². The van der Waals surface area contributed by atoms with Gasteiger partial charge < -0.3 is 10.5 Å². The number of nitrogens with zero attached hydrogens (tertiary/aromatic N) is 1. The Balaban J connectivity index is 2.39. The van der Waals surface area contributed by atoms with Crippen LogP contribution < -0.4 is 10.5 Å². The van der Waals surface area contributed by atoms with E-state index < -0.39 is 0 Å². The van der Waals surface area contributed by atoms with Gasteiger partial charge in [-0.15, -0.1) is 0 Å². The van der Waals surface area contributed by atoms with Gasteiger partial charge in [0.05, 0.1) is 12.4 Å². The molecule has 0 bridgehead atoms. The highest BCUT2D eigenvalue weighted by molar-refractivity contribution is 5.85. The summed E-state index contributed by atoms with van der Waals surface area (Å²) < 4.78 is 5.59. The van der Waals surface area contributed by atoms with Crippen molar-refractivity contribution >= 4 is 5.84 Å². The van der Waals surface area contributed by atoms with Gasteiger partial charge in [-0.2, -0.15) is 0 Å². The van der Waals surface area contributed by atoms with Crippen LogP contribution in [0.3, 0.4) is 0 Å². The van der Waals surface area contributed by atoms with Crippen molar-refractivity contribution in [2.45, 2.75) is 27.7 Å². The van der Waals surface area contributed by atoms with Gasteiger partial charge in [-0.05, 0) is 24.6 Å². The predicted octanol–water partition coefficient (Wildman–Crippen LogP) is 2.78. The number of nitrogens with two attached hydrogens (primary N) is 1. The second-order valence-electron chi connectivity index (χ2n) is 5.18. The SMILES string of the molecule is Cc1cccc(OCCN=C(N)C(C)(C)C)c1. The average Bonchev–Trinajstić information content (AvgIpc) is 2.23. The summed E-state index contributed by atoms with van der Waals surface area (Å²) in [5, 5.41) is 0. The van der Waals surface area contributed by atoms with E-state index in [0.29, 0.717) is 19.0 Å². The predicted molar refractivity (Wildman–Crippen MR) is 72.6 cm³/mol. The summed E-state index contributed by atoms with van der Waals surface area (Å²) in [7, 11) is 0. The molecule has 0 amide bonds. The van der Waals surface area contributed by atoms with E-state index in [0.717, 1.165) is 5.75 Å². The lowest BCUT2D eigenvalue weighted by molar-refractivity contribution is 0.328. The van der Waals surface area contributed by atoms with Crippen LogP contribution in [0.5, 0.6) is 5.75 Å². The molecule has 0 fully saturated rings. The quantitative estimate of drug-likeness (QED) is 0.494. The van der Waals surface area contributed by atoms with E-state index in [2.05, 4.69) is 4.99 Å². The molecule has 1 aromatic rings. The smallest absolute Gasteiger partial charge is 0.119 e. The van der Waals surface area contributed by atoms with Crippen molar-refractivity contribution in [3.63, 3.8) is 0 Å². The number of benzene rings is 1. The van der Waals surface area contributed by atoms with Gasteiger partial charge in [0.15, 0.2) is 0 Å². The molecule has 2 N–H and O–H groups in total. The highest BCUT2D eigenvalue weighted by atomic mass is 16.5. The molecule has 0 unspecified atom stereocenters. The fourth-order valence-corrected chi connectivity index (χ4v) is 1.27. The highest BCUT2D eigenvalue weighted by Crippen LogP contribution is 2.13. The summed E-state index contributed by atoms with van der Waals surface area (Å²) >= 11 is 0. The first-order chi connectivity index (χ1) is 7.89. The highest BCUT2D eigenvalue weighted by Gasteiger charge is 2.14. The lowest BCUT2D eigenvalue weighted by atomic mass is 9.95. The molecule has 1 aromatic carbocycles. The van der Waals surface area contributed by atoms with Crippen LogP contribution in [0.2, 0.25) is 0 Å². The topological polar surface area (TPSA) is 47.6 Å². The van der Waals surface area contributed by atoms with Gasteiger partial charge in [-0.25, -0.2) is 0 Å². The zero-order chi connectivity index (χ0) is 12.9. The Kier molecular flexibility index (Phi) is 4.55. The normalized spacial score (nSPS) is 12.6. The zero-order valence-electron chi connectivity index (χ0n) is 11.2. The molecule has 0 radical (unpaired) electrons. The molecule has 0 aliphatic rings. The first-order valence-corrected chi connectivity index (χ1v) is 5.89. The van der Waals surface area contributed by atoms with Gasteiger partial charge in [0.2, 0.25) is 0 Å². The van der Waals surface area contributed by atoms with Crippen molar-refractivity contribution < 1.29 is 4.74 Å². The van der Waals surface area contributed by atoms with Crippen LogP contribution in [-0.2, 0) is 0 Å². The average molecular weight is 234 g/mol. The van der Waals surface area contributed by atoms with Crippen molar-refractivity contribution in [2.24, 2.45) is 16.1 Å². The van der Waals surface area contributed by atoms with Crippen molar-refractivity contribution in [3.8, 4) is 5.75 Å². The molecular formula is C14H22N2O. The number of hydrogen-bond acceptors (Lipinski definition) is 2. The summed E-state index contributed by atoms with van der Waals surface area (Å²) in [6, 6.07) is 7.99. The van der Waals surface area contributed by atoms with E-state index in [9.17, 15) is 0 Å². The van der Waals surface area contributed by atoms with Gasteiger partial charge in [-0.3, -0.25) is 4.99 Å². The van der Waals surface area contributed by atoms with Crippen LogP contribution in [0, 0.1) is 12.3 Å². The molecule has 1 rings (SSSR count). The van der Waals surface area contributed by atoms with Crippen LogP contribution in [0.25, 0.3) is 0 Å². The Morgan fingerprint density at radius 1 is 1.35 bits per heavy atom. The maximum atomic E-state index is 5.85. The summed E-state index contributed by atoms with van der Waals surface area (Å²) in [4.78, 5) is 4.30. The van der Waals surface area contributed by atoms with Crippen LogP contribution in [-0.4, -0.2) is 19.0 Å². The first kappa shape index (κ1) is 13.6. The van der Waals surface area contributed by atoms with E-state index in [1.54, 1.807) is 0 Å². The van der Waals surface area contributed by atoms with Crippen molar-refractivity contribution in [1.82, 2.24) is 0 Å². The van der Waals surface area contributed by atoms with Gasteiger partial charge in [0, 0.05) is 5.41 Å². The molecule has 94 valence electrons. The Labute approximate surface area is 104 Å². The van der Waals surface area contributed by atoms with Crippen LogP contribution in [0.1, 0.15) is 26.3 Å². The minimum Gasteiger partial charge on any atom is -0.492 e. The lowest BCUT2D eigenvalue weighted by Gasteiger charge is -2.17. The maximum Gasteiger partial charge on any atom is 0.119 e. The third-order valence-electron chi connectivity index (χ3n) is 2.40. The molecule has 0 aromatic heterocycles. The first-order valence-electron chi connectivity index (χ1n) is 5.89. The molecule has 17 heavy (non-hydrogen) atoms. The van der Waals surface area contributed by atoms with Crippen LogP contribution in [0.4, 0.5) is 0 Å². The van der Waals surface area contributed by atoms with Crippen molar-refractivity contribution in [2.75, 3.05) is 13.2 Å². The summed E-state index contributed by atoms with van der Waals surface area (Å²) in [5.74, 6) is 1.56. The monoisotopic (exact) mass is 234 g/mol. The molecule has 0 aliphatic carbocycles. The molecule has 0 aliphatic heterocycles. The standard InChI is InChI=1S/C14H22N2O/c1-11-6-5-7-12(10-11)17-9-8-16-13(15)14(2,3)4/h5-7,10H,8-9H2,1-4H3,(H2,15,16). The minimum atomic E-state index is -0.0661. The van der Waals surface area contributed by atoms with E-state index in [1.807, 2.05) is 52.0 Å². The maximum absolute atomic E-state index is 5.85. The van der Waals surface area contributed by atoms with Gasteiger partial charge in [-0.1, -0.05) is 32.9 Å². The second kappa shape index (κ2) is 5.71. The Morgan fingerprint density at radius 3 is 2.65 bits per heavy atom. The van der Waals surface area contributed by atoms with Gasteiger partial charge in [0.25, 0.3) is 0 Å². The number of hydrogen-bond donors (Lipinski definition) is 1. The van der Waals surface area contributed by atoms with Crippen LogP contribution in [0.15, 0.2) is 29.3 Å². The summed E-state index contributed by atoms with van der Waals surface area (Å²) in [5.41, 5.74) is 6.98. The third kappa shape index (κ3) is 4.89. The van der Waals surface area contributed by atoms with Crippen LogP contribution >= 0.6 is 0 Å². The number of aliphatic imine (C=N–C) groups is 1. The second-order valence-corrected chi connectivity index (χ2v) is 5.18. The molecule has 3 heteroatoms. The van der Waals surface area contributed by atoms with Gasteiger partial charge in [0.1, 0.15) is 12.4 Å². The molecule has 0 saturated heterocycles. The molecule has 3 nitrogen and oxygen atoms in total. The summed E-state index contributed by atoms with van der Waals surface area (Å²) in [6.45, 7) is 9.34. The number of aryl methyl sites for hydroxylation is 1. The van der Waals surface area contributed by atoms with E-state index in [-0.39, 0.29) is 5.41 Å². The van der Waals surface area contributed by atoms with Crippen molar-refractivity contribution in [1.29, 1.82) is 0 Å². The van der Waals surface area contributed by atoms with Crippen molar-refractivity contribution in [3.05, 3.63) is 29.8 Å². The third-order valence-corrected chi connectivity index (χ3v) is 2.40. The minimum absolute atomic E-state index is 0.0661. The molecular weight excluding hydrogens is 212 g/mol. The molecule has 0 heterocycles. The van der Waals surface area contributed by atoms with E-state index in [1.165, 1.54) is 5.56 Å². The fraction of sp³-hybridized carbons (Fsp3) is 0.500. The van der Waals surface area contributed by atoms with E-state index >= 15 is 0 Å². The number of rotatable bonds is 4. The largest absolute Gasteiger partial charge is 0.492 e. The number of ether oxygens (including phenoxy) is 1. The zero-order valence-corrected chi connectivity index (χ0v) is 11.2. The fourth-order valence-electron chi connectivity index (χ4n) is 1.27. The summed E-state index contributed by atoms with van der Waals surface area (Å²) in [6.07, 6.45) is 0. The number of amidine groups is 1. The van der Waals surface area contributed by atoms with Gasteiger partial charge >= 0.3 is 0 Å². The molecule has 0 saturated carbocycles. The Hall–Kier alpha value is -1.51. The molecule has 0 spiro atoms. The lowest BCUT2D eigenvalue weighted by Crippen LogP contribution is -2.29.